The van der Waals surface area contributed by atoms with E-state index in [1.54, 1.807) is 9.80 Å². The molecule has 2 aromatic rings. The summed E-state index contributed by atoms with van der Waals surface area (Å²) in [7, 11) is 0. The SMILES string of the molecule is CCOc1ccc2[nH]c(=O)c(CN(C[C@H]3CCCO3)C(=O)N(CC)CC)cc2c1. The zero-order chi connectivity index (χ0) is 20.8. The lowest BCUT2D eigenvalue weighted by molar-refractivity contribution is 0.0715. The van der Waals surface area contributed by atoms with E-state index in [1.165, 1.54) is 0 Å². The van der Waals surface area contributed by atoms with Gasteiger partial charge in [-0.1, -0.05) is 0 Å². The fourth-order valence-electron chi connectivity index (χ4n) is 3.75. The van der Waals surface area contributed by atoms with Crippen LogP contribution in [0, 0.1) is 0 Å². The number of hydrogen-bond donors (Lipinski definition) is 1. The van der Waals surface area contributed by atoms with Crippen molar-refractivity contribution in [3.8, 4) is 5.75 Å². The lowest BCUT2D eigenvalue weighted by Crippen LogP contribution is -2.46. The highest BCUT2D eigenvalue weighted by Crippen LogP contribution is 2.21. The first-order valence-corrected chi connectivity index (χ1v) is 10.5. The number of amides is 2. The van der Waals surface area contributed by atoms with Gasteiger partial charge in [-0.3, -0.25) is 4.79 Å². The number of fused-ring (bicyclic) bond motifs is 1. The summed E-state index contributed by atoms with van der Waals surface area (Å²) in [6, 6.07) is 7.39. The van der Waals surface area contributed by atoms with Crippen LogP contribution in [0.2, 0.25) is 0 Å². The molecule has 1 atom stereocenters. The first kappa shape index (κ1) is 21.2. The van der Waals surface area contributed by atoms with Crippen LogP contribution in [0.4, 0.5) is 4.79 Å². The standard InChI is InChI=1S/C22H31N3O4/c1-4-24(5-2)22(27)25(15-19-8-7-11-29-19)14-17-12-16-13-18(28-6-3)9-10-20(16)23-21(17)26/h9-10,12-13,19H,4-8,11,14-15H2,1-3H3,(H,23,26)/t19-/m1/s1. The number of benzene rings is 1. The summed E-state index contributed by atoms with van der Waals surface area (Å²) < 4.78 is 11.3. The number of pyridine rings is 1. The summed E-state index contributed by atoms with van der Waals surface area (Å²) >= 11 is 0. The van der Waals surface area contributed by atoms with Crippen LogP contribution in [-0.4, -0.2) is 59.8 Å². The number of urea groups is 1. The van der Waals surface area contributed by atoms with E-state index in [2.05, 4.69) is 4.98 Å². The lowest BCUT2D eigenvalue weighted by atomic mass is 10.1. The third-order valence-corrected chi connectivity index (χ3v) is 5.32. The van der Waals surface area contributed by atoms with Gasteiger partial charge in [0.1, 0.15) is 5.75 Å². The monoisotopic (exact) mass is 401 g/mol. The number of rotatable bonds is 8. The van der Waals surface area contributed by atoms with Crippen molar-refractivity contribution >= 4 is 16.9 Å². The summed E-state index contributed by atoms with van der Waals surface area (Å²) in [5.74, 6) is 0.758. The predicted molar refractivity (Wildman–Crippen MR) is 113 cm³/mol. The van der Waals surface area contributed by atoms with Gasteiger partial charge in [0.05, 0.1) is 19.3 Å². The van der Waals surface area contributed by atoms with E-state index in [0.29, 0.717) is 31.8 Å². The number of H-pyrrole nitrogens is 1. The molecule has 0 bridgehead atoms. The quantitative estimate of drug-likeness (QED) is 0.736. The summed E-state index contributed by atoms with van der Waals surface area (Å²) in [5, 5.41) is 0.887. The molecule has 1 fully saturated rings. The molecule has 2 amide bonds. The van der Waals surface area contributed by atoms with Crippen molar-refractivity contribution in [2.45, 2.75) is 46.3 Å². The van der Waals surface area contributed by atoms with Gasteiger partial charge in [0.15, 0.2) is 0 Å². The molecule has 1 aliphatic heterocycles. The van der Waals surface area contributed by atoms with Crippen LogP contribution in [0.15, 0.2) is 29.1 Å². The molecule has 0 saturated carbocycles. The Bertz CT molecular complexity index is 885. The second-order valence-electron chi connectivity index (χ2n) is 7.28. The molecule has 2 heterocycles. The van der Waals surface area contributed by atoms with Crippen LogP contribution in [0.3, 0.4) is 0 Å². The van der Waals surface area contributed by atoms with Crippen molar-refractivity contribution < 1.29 is 14.3 Å². The Morgan fingerprint density at radius 3 is 2.66 bits per heavy atom. The number of carbonyl (C=O) groups excluding carboxylic acids is 1. The van der Waals surface area contributed by atoms with Crippen LogP contribution < -0.4 is 10.3 Å². The van der Waals surface area contributed by atoms with Crippen LogP contribution >= 0.6 is 0 Å². The number of aromatic amines is 1. The second-order valence-corrected chi connectivity index (χ2v) is 7.28. The molecule has 29 heavy (non-hydrogen) atoms. The first-order valence-electron chi connectivity index (χ1n) is 10.5. The van der Waals surface area contributed by atoms with E-state index in [9.17, 15) is 9.59 Å². The lowest BCUT2D eigenvalue weighted by Gasteiger charge is -2.31. The van der Waals surface area contributed by atoms with Crippen molar-refractivity contribution in [2.24, 2.45) is 0 Å². The van der Waals surface area contributed by atoms with Crippen LogP contribution in [0.5, 0.6) is 5.75 Å². The molecule has 7 nitrogen and oxygen atoms in total. The largest absolute Gasteiger partial charge is 0.494 e. The van der Waals surface area contributed by atoms with Crippen molar-refractivity contribution in [1.29, 1.82) is 0 Å². The zero-order valence-electron chi connectivity index (χ0n) is 17.6. The molecule has 1 saturated heterocycles. The minimum Gasteiger partial charge on any atom is -0.494 e. The summed E-state index contributed by atoms with van der Waals surface area (Å²) in [5.41, 5.74) is 1.14. The molecule has 1 N–H and O–H groups in total. The Balaban J connectivity index is 1.90. The Morgan fingerprint density at radius 1 is 1.21 bits per heavy atom. The number of hydrogen-bond acceptors (Lipinski definition) is 4. The van der Waals surface area contributed by atoms with Gasteiger partial charge in [-0.15, -0.1) is 0 Å². The number of carbonyl (C=O) groups is 1. The molecule has 3 rings (SSSR count). The minimum absolute atomic E-state index is 0.0265. The third-order valence-electron chi connectivity index (χ3n) is 5.32. The molecule has 0 radical (unpaired) electrons. The van der Waals surface area contributed by atoms with Crippen molar-refractivity contribution in [1.82, 2.24) is 14.8 Å². The summed E-state index contributed by atoms with van der Waals surface area (Å²) in [6.07, 6.45) is 1.97. The maximum atomic E-state index is 13.1. The average molecular weight is 402 g/mol. The van der Waals surface area contributed by atoms with Gasteiger partial charge in [-0.05, 0) is 57.9 Å². The van der Waals surface area contributed by atoms with Crippen LogP contribution in [0.25, 0.3) is 10.9 Å². The topological polar surface area (TPSA) is 74.9 Å². The normalized spacial score (nSPS) is 16.2. The van der Waals surface area contributed by atoms with Gasteiger partial charge in [-0.25, -0.2) is 4.79 Å². The minimum atomic E-state index is -0.175. The Kier molecular flexibility index (Phi) is 7.14. The highest BCUT2D eigenvalue weighted by atomic mass is 16.5. The highest BCUT2D eigenvalue weighted by Gasteiger charge is 2.26. The van der Waals surface area contributed by atoms with E-state index >= 15 is 0 Å². The van der Waals surface area contributed by atoms with Gasteiger partial charge < -0.3 is 24.3 Å². The fourth-order valence-corrected chi connectivity index (χ4v) is 3.75. The molecule has 7 heteroatoms. The van der Waals surface area contributed by atoms with Gasteiger partial charge in [0.25, 0.3) is 5.56 Å². The van der Waals surface area contributed by atoms with E-state index in [1.807, 2.05) is 45.0 Å². The fraction of sp³-hybridized carbons (Fsp3) is 0.545. The number of ether oxygens (including phenoxy) is 2. The van der Waals surface area contributed by atoms with E-state index in [4.69, 9.17) is 9.47 Å². The van der Waals surface area contributed by atoms with Crippen LogP contribution in [-0.2, 0) is 11.3 Å². The maximum absolute atomic E-state index is 13.1. The molecular weight excluding hydrogens is 370 g/mol. The van der Waals surface area contributed by atoms with Gasteiger partial charge in [0.2, 0.25) is 0 Å². The predicted octanol–water partition coefficient (Wildman–Crippen LogP) is 3.37. The highest BCUT2D eigenvalue weighted by molar-refractivity contribution is 5.81. The van der Waals surface area contributed by atoms with Gasteiger partial charge >= 0.3 is 6.03 Å². The Hall–Kier alpha value is -2.54. The van der Waals surface area contributed by atoms with E-state index < -0.39 is 0 Å². The maximum Gasteiger partial charge on any atom is 0.320 e. The van der Waals surface area contributed by atoms with Gasteiger partial charge in [0, 0.05) is 42.7 Å². The first-order chi connectivity index (χ1) is 14.0. The molecule has 1 aliphatic rings. The third kappa shape index (κ3) is 5.09. The van der Waals surface area contributed by atoms with Crippen LogP contribution in [0.1, 0.15) is 39.2 Å². The smallest absolute Gasteiger partial charge is 0.320 e. The number of nitrogens with zero attached hydrogens (tertiary/aromatic N) is 2. The van der Waals surface area contributed by atoms with Gasteiger partial charge in [-0.2, -0.15) is 0 Å². The van der Waals surface area contributed by atoms with Crippen molar-refractivity contribution in [3.05, 3.63) is 40.2 Å². The summed E-state index contributed by atoms with van der Waals surface area (Å²) in [4.78, 5) is 32.2. The van der Waals surface area contributed by atoms with E-state index in [0.717, 1.165) is 36.1 Å². The van der Waals surface area contributed by atoms with E-state index in [-0.39, 0.29) is 24.2 Å². The summed E-state index contributed by atoms with van der Waals surface area (Å²) in [6.45, 7) is 9.17. The molecule has 0 spiro atoms. The molecular formula is C22H31N3O4. The average Bonchev–Trinajstić information content (AvgIpc) is 3.22. The molecule has 158 valence electrons. The van der Waals surface area contributed by atoms with Crippen molar-refractivity contribution in [2.75, 3.05) is 32.8 Å². The molecule has 0 unspecified atom stereocenters. The zero-order valence-corrected chi connectivity index (χ0v) is 17.6. The van der Waals surface area contributed by atoms with Crippen molar-refractivity contribution in [3.63, 3.8) is 0 Å². The Morgan fingerprint density at radius 2 is 2.00 bits per heavy atom. The molecule has 0 aliphatic carbocycles. The second kappa shape index (κ2) is 9.78. The number of aromatic nitrogens is 1. The molecule has 1 aromatic heterocycles. The molecule has 1 aromatic carbocycles. The Labute approximate surface area is 171 Å². The number of nitrogens with one attached hydrogen (secondary N) is 1.